The highest BCUT2D eigenvalue weighted by Crippen LogP contribution is 2.45. The minimum Gasteiger partial charge on any atom is -0.397 e. The fraction of sp³-hybridized carbons (Fsp3) is 0.261. The maximum atomic E-state index is 9.20. The minimum absolute atomic E-state index is 0.0208. The van der Waals surface area contributed by atoms with Crippen LogP contribution < -0.4 is 11.1 Å². The number of nitriles is 1. The smallest absolute Gasteiger partial charge is 0.0991 e. The Kier molecular flexibility index (Phi) is 5.57. The zero-order valence-corrected chi connectivity index (χ0v) is 16.3. The van der Waals surface area contributed by atoms with Crippen LogP contribution in [0.3, 0.4) is 0 Å². The third kappa shape index (κ3) is 3.36. The molecule has 1 heterocycles. The Bertz CT molecular complexity index is 917. The van der Waals surface area contributed by atoms with Crippen molar-refractivity contribution in [2.45, 2.75) is 40.5 Å². The molecule has 0 radical (unpaired) electrons. The van der Waals surface area contributed by atoms with E-state index in [4.69, 9.17) is 5.73 Å². The number of nitrogens with two attached hydrogens (primary N) is 1. The van der Waals surface area contributed by atoms with Crippen LogP contribution in [0.15, 0.2) is 76.8 Å². The summed E-state index contributed by atoms with van der Waals surface area (Å²) in [6.07, 6.45) is 1.90. The summed E-state index contributed by atoms with van der Waals surface area (Å²) in [5.74, 6) is -0.0208. The SMILES string of the molecule is C=C(C)C1=C(C)NC(/C(N)=C\C)=C(C(=C)C)C1c1ccc(C#N)cc1C. The van der Waals surface area contributed by atoms with Crippen molar-refractivity contribution in [1.29, 1.82) is 5.26 Å². The lowest BCUT2D eigenvalue weighted by atomic mass is 9.74. The second kappa shape index (κ2) is 7.49. The van der Waals surface area contributed by atoms with Gasteiger partial charge >= 0.3 is 0 Å². The van der Waals surface area contributed by atoms with Crippen LogP contribution in [0.2, 0.25) is 0 Å². The molecule has 0 fully saturated rings. The van der Waals surface area contributed by atoms with Crippen LogP contribution in [-0.4, -0.2) is 0 Å². The van der Waals surface area contributed by atoms with Gasteiger partial charge in [-0.3, -0.25) is 0 Å². The van der Waals surface area contributed by atoms with Crippen molar-refractivity contribution in [3.8, 4) is 6.07 Å². The number of hydrogen-bond acceptors (Lipinski definition) is 3. The molecule has 3 heteroatoms. The number of benzene rings is 1. The molecule has 0 aliphatic carbocycles. The lowest BCUT2D eigenvalue weighted by Crippen LogP contribution is -2.29. The average Bonchev–Trinajstić information content (AvgIpc) is 2.59. The van der Waals surface area contributed by atoms with Crippen LogP contribution in [0.25, 0.3) is 0 Å². The van der Waals surface area contributed by atoms with E-state index in [1.807, 2.05) is 58.9 Å². The summed E-state index contributed by atoms with van der Waals surface area (Å²) in [4.78, 5) is 0. The van der Waals surface area contributed by atoms with Crippen molar-refractivity contribution in [1.82, 2.24) is 5.32 Å². The maximum absolute atomic E-state index is 9.20. The zero-order valence-electron chi connectivity index (χ0n) is 16.3. The van der Waals surface area contributed by atoms with Gasteiger partial charge in [0, 0.05) is 11.6 Å². The summed E-state index contributed by atoms with van der Waals surface area (Å²) in [5, 5.41) is 12.7. The molecule has 1 aliphatic rings. The van der Waals surface area contributed by atoms with Crippen LogP contribution in [-0.2, 0) is 0 Å². The molecule has 1 aromatic rings. The molecule has 3 N–H and O–H groups in total. The van der Waals surface area contributed by atoms with E-state index in [-0.39, 0.29) is 5.92 Å². The topological polar surface area (TPSA) is 61.8 Å². The average molecular weight is 345 g/mol. The summed E-state index contributed by atoms with van der Waals surface area (Å²) in [6, 6.07) is 8.04. The van der Waals surface area contributed by atoms with Crippen LogP contribution >= 0.6 is 0 Å². The van der Waals surface area contributed by atoms with Crippen molar-refractivity contribution in [3.05, 3.63) is 93.5 Å². The first kappa shape index (κ1) is 19.3. The molecule has 1 atom stereocenters. The Morgan fingerprint density at radius 1 is 1.19 bits per heavy atom. The van der Waals surface area contributed by atoms with Gasteiger partial charge in [-0.15, -0.1) is 0 Å². The maximum Gasteiger partial charge on any atom is 0.0991 e. The molecule has 3 nitrogen and oxygen atoms in total. The summed E-state index contributed by atoms with van der Waals surface area (Å²) >= 11 is 0. The van der Waals surface area contributed by atoms with Crippen molar-refractivity contribution < 1.29 is 0 Å². The first-order valence-corrected chi connectivity index (χ1v) is 8.69. The Labute approximate surface area is 156 Å². The summed E-state index contributed by atoms with van der Waals surface area (Å²) in [6.45, 7) is 18.5. The van der Waals surface area contributed by atoms with Crippen LogP contribution in [0.1, 0.15) is 50.3 Å². The van der Waals surface area contributed by atoms with Gasteiger partial charge in [0.2, 0.25) is 0 Å². The van der Waals surface area contributed by atoms with Crippen LogP contribution in [0, 0.1) is 18.3 Å². The number of allylic oxidation sites excluding steroid dienone is 6. The second-order valence-electron chi connectivity index (χ2n) is 6.87. The molecule has 26 heavy (non-hydrogen) atoms. The molecule has 0 saturated heterocycles. The van der Waals surface area contributed by atoms with Crippen molar-refractivity contribution >= 4 is 0 Å². The highest BCUT2D eigenvalue weighted by molar-refractivity contribution is 5.61. The number of nitrogens with zero attached hydrogens (tertiary/aromatic N) is 1. The predicted molar refractivity (Wildman–Crippen MR) is 109 cm³/mol. The van der Waals surface area contributed by atoms with E-state index in [0.29, 0.717) is 11.3 Å². The van der Waals surface area contributed by atoms with Gasteiger partial charge in [-0.05, 0) is 69.0 Å². The van der Waals surface area contributed by atoms with Crippen molar-refractivity contribution in [2.75, 3.05) is 0 Å². The second-order valence-corrected chi connectivity index (χ2v) is 6.87. The van der Waals surface area contributed by atoms with Gasteiger partial charge in [0.1, 0.15) is 0 Å². The first-order chi connectivity index (χ1) is 12.2. The van der Waals surface area contributed by atoms with E-state index in [0.717, 1.165) is 44.8 Å². The molecular weight excluding hydrogens is 318 g/mol. The van der Waals surface area contributed by atoms with Gasteiger partial charge in [0.15, 0.2) is 0 Å². The number of hydrogen-bond donors (Lipinski definition) is 2. The summed E-state index contributed by atoms with van der Waals surface area (Å²) in [7, 11) is 0. The van der Waals surface area contributed by atoms with E-state index in [9.17, 15) is 5.26 Å². The monoisotopic (exact) mass is 345 g/mol. The molecule has 1 aromatic carbocycles. The first-order valence-electron chi connectivity index (χ1n) is 8.69. The fourth-order valence-electron chi connectivity index (χ4n) is 3.61. The molecule has 0 spiro atoms. The molecule has 0 aromatic heterocycles. The zero-order chi connectivity index (χ0) is 19.6. The van der Waals surface area contributed by atoms with E-state index >= 15 is 0 Å². The molecule has 2 rings (SSSR count). The summed E-state index contributed by atoms with van der Waals surface area (Å²) in [5.41, 5.74) is 16.0. The van der Waals surface area contributed by atoms with E-state index in [1.165, 1.54) is 0 Å². The molecular formula is C23H27N3. The van der Waals surface area contributed by atoms with Crippen molar-refractivity contribution in [2.24, 2.45) is 5.73 Å². The van der Waals surface area contributed by atoms with Gasteiger partial charge in [0.05, 0.1) is 23.0 Å². The van der Waals surface area contributed by atoms with Gasteiger partial charge in [-0.25, -0.2) is 0 Å². The van der Waals surface area contributed by atoms with Crippen LogP contribution in [0.5, 0.6) is 0 Å². The molecule has 0 bridgehead atoms. The molecule has 134 valence electrons. The standard InChI is InChI=1S/C23H27N3/c1-8-19(25)23-21(14(4)5)22(20(13(2)3)16(7)26-23)18-10-9-17(12-24)11-15(18)6/h8-11,22,26H,2,4,25H2,1,3,5-7H3/b19-8+. The largest absolute Gasteiger partial charge is 0.397 e. The minimum atomic E-state index is -0.0208. The van der Waals surface area contributed by atoms with E-state index in [1.54, 1.807) is 0 Å². The lowest BCUT2D eigenvalue weighted by molar-refractivity contribution is 0.786. The van der Waals surface area contributed by atoms with Crippen molar-refractivity contribution in [3.63, 3.8) is 0 Å². The molecule has 0 saturated carbocycles. The lowest BCUT2D eigenvalue weighted by Gasteiger charge is -2.35. The van der Waals surface area contributed by atoms with Crippen LogP contribution in [0.4, 0.5) is 0 Å². The molecule has 1 aliphatic heterocycles. The summed E-state index contributed by atoms with van der Waals surface area (Å²) < 4.78 is 0. The van der Waals surface area contributed by atoms with Gasteiger partial charge in [0.25, 0.3) is 0 Å². The molecule has 1 unspecified atom stereocenters. The quantitative estimate of drug-likeness (QED) is 0.798. The molecule has 0 amide bonds. The Balaban J connectivity index is 2.86. The van der Waals surface area contributed by atoms with E-state index in [2.05, 4.69) is 24.5 Å². The number of dihydropyridines is 1. The third-order valence-electron chi connectivity index (χ3n) is 4.79. The Morgan fingerprint density at radius 3 is 2.27 bits per heavy atom. The normalized spacial score (nSPS) is 17.7. The number of nitrogens with one attached hydrogen (secondary N) is 1. The predicted octanol–water partition coefficient (Wildman–Crippen LogP) is 5.10. The van der Waals surface area contributed by atoms with Gasteiger partial charge < -0.3 is 11.1 Å². The third-order valence-corrected chi connectivity index (χ3v) is 4.79. The fourth-order valence-corrected chi connectivity index (χ4v) is 3.61. The Morgan fingerprint density at radius 2 is 1.81 bits per heavy atom. The van der Waals surface area contributed by atoms with E-state index < -0.39 is 0 Å². The highest BCUT2D eigenvalue weighted by atomic mass is 14.9. The van der Waals surface area contributed by atoms with Gasteiger partial charge in [-0.1, -0.05) is 36.4 Å². The van der Waals surface area contributed by atoms with Gasteiger partial charge in [-0.2, -0.15) is 5.26 Å². The number of aryl methyl sites for hydroxylation is 1. The number of rotatable bonds is 4. The Hall–Kier alpha value is -2.99. The highest BCUT2D eigenvalue weighted by Gasteiger charge is 2.32.